The van der Waals surface area contributed by atoms with Crippen LogP contribution in [0.5, 0.6) is 11.5 Å². The largest absolute Gasteiger partial charge is 0.456 e. The average molecular weight is 351 g/mol. The van der Waals surface area contributed by atoms with E-state index in [0.29, 0.717) is 0 Å². The molecule has 1 heterocycles. The minimum atomic E-state index is 0.766. The van der Waals surface area contributed by atoms with Crippen LogP contribution in [0.25, 0.3) is 21.9 Å². The predicted octanol–water partition coefficient (Wildman–Crippen LogP) is 7.12. The topological polar surface area (TPSA) is 34.4 Å². The van der Waals surface area contributed by atoms with Crippen LogP contribution in [0.15, 0.2) is 101 Å². The molecular weight excluding hydrogens is 334 g/mol. The lowest BCUT2D eigenvalue weighted by Gasteiger charge is -2.11. The van der Waals surface area contributed by atoms with Gasteiger partial charge in [-0.3, -0.25) is 0 Å². The average Bonchev–Trinajstić information content (AvgIpc) is 3.08. The van der Waals surface area contributed by atoms with Gasteiger partial charge in [-0.2, -0.15) is 0 Å². The Morgan fingerprint density at radius 2 is 1.33 bits per heavy atom. The standard InChI is InChI=1S/C24H17NO2/c1-3-9-17(10-4-1)25-18-15-22(26-19-11-5-2-6-12-19)24-20-13-7-8-14-21(20)27-23(24)16-18/h1-16,25H. The van der Waals surface area contributed by atoms with E-state index in [0.717, 1.165) is 44.8 Å². The van der Waals surface area contributed by atoms with E-state index >= 15 is 0 Å². The Morgan fingerprint density at radius 3 is 2.15 bits per heavy atom. The van der Waals surface area contributed by atoms with Gasteiger partial charge in [-0.25, -0.2) is 0 Å². The van der Waals surface area contributed by atoms with Gasteiger partial charge in [-0.05, 0) is 30.3 Å². The number of rotatable bonds is 4. The molecule has 3 nitrogen and oxygen atoms in total. The molecule has 0 unspecified atom stereocenters. The summed E-state index contributed by atoms with van der Waals surface area (Å²) in [5.41, 5.74) is 3.57. The van der Waals surface area contributed by atoms with Gasteiger partial charge in [-0.15, -0.1) is 0 Å². The summed E-state index contributed by atoms with van der Waals surface area (Å²) in [7, 11) is 0. The number of para-hydroxylation sites is 3. The van der Waals surface area contributed by atoms with E-state index in [9.17, 15) is 0 Å². The SMILES string of the molecule is c1ccc(Nc2cc(Oc3ccccc3)c3c(c2)oc2ccccc23)cc1. The molecule has 0 spiro atoms. The second-order valence-corrected chi connectivity index (χ2v) is 6.35. The van der Waals surface area contributed by atoms with E-state index < -0.39 is 0 Å². The molecule has 130 valence electrons. The van der Waals surface area contributed by atoms with E-state index in [4.69, 9.17) is 9.15 Å². The van der Waals surface area contributed by atoms with Crippen molar-refractivity contribution in [2.75, 3.05) is 5.32 Å². The summed E-state index contributed by atoms with van der Waals surface area (Å²) < 4.78 is 12.3. The maximum atomic E-state index is 6.24. The van der Waals surface area contributed by atoms with Crippen molar-refractivity contribution in [3.8, 4) is 11.5 Å². The molecule has 4 aromatic carbocycles. The van der Waals surface area contributed by atoms with Crippen LogP contribution in [0.3, 0.4) is 0 Å². The fourth-order valence-electron chi connectivity index (χ4n) is 3.27. The Hall–Kier alpha value is -3.72. The number of hydrogen-bond donors (Lipinski definition) is 1. The van der Waals surface area contributed by atoms with Gasteiger partial charge in [0.2, 0.25) is 0 Å². The normalized spacial score (nSPS) is 11.0. The Labute approximate surface area is 156 Å². The van der Waals surface area contributed by atoms with Crippen LogP contribution in [0.4, 0.5) is 11.4 Å². The highest BCUT2D eigenvalue weighted by molar-refractivity contribution is 6.09. The summed E-state index contributed by atoms with van der Waals surface area (Å²) in [6.07, 6.45) is 0. The molecule has 0 fully saturated rings. The van der Waals surface area contributed by atoms with Crippen molar-refractivity contribution in [1.29, 1.82) is 0 Å². The molecule has 27 heavy (non-hydrogen) atoms. The van der Waals surface area contributed by atoms with Crippen molar-refractivity contribution in [2.45, 2.75) is 0 Å². The summed E-state index contributed by atoms with van der Waals surface area (Å²) in [6, 6.07) is 31.9. The Balaban J connectivity index is 1.68. The monoisotopic (exact) mass is 351 g/mol. The first-order valence-corrected chi connectivity index (χ1v) is 8.87. The Kier molecular flexibility index (Phi) is 3.76. The van der Waals surface area contributed by atoms with Crippen LogP contribution in [0, 0.1) is 0 Å². The quantitative estimate of drug-likeness (QED) is 0.374. The van der Waals surface area contributed by atoms with Gasteiger partial charge >= 0.3 is 0 Å². The molecule has 0 aliphatic carbocycles. The van der Waals surface area contributed by atoms with Gasteiger partial charge in [0.25, 0.3) is 0 Å². The summed E-state index contributed by atoms with van der Waals surface area (Å²) >= 11 is 0. The zero-order valence-electron chi connectivity index (χ0n) is 14.6. The van der Waals surface area contributed by atoms with E-state index in [2.05, 4.69) is 11.4 Å². The van der Waals surface area contributed by atoms with E-state index in [1.54, 1.807) is 0 Å². The fraction of sp³-hybridized carbons (Fsp3) is 0. The molecular formula is C24H17NO2. The number of fused-ring (bicyclic) bond motifs is 3. The molecule has 5 aromatic rings. The first-order valence-electron chi connectivity index (χ1n) is 8.87. The number of benzene rings is 4. The molecule has 0 bridgehead atoms. The number of ether oxygens (including phenoxy) is 1. The van der Waals surface area contributed by atoms with Gasteiger partial charge in [0, 0.05) is 28.9 Å². The first-order chi connectivity index (χ1) is 13.4. The summed E-state index contributed by atoms with van der Waals surface area (Å²) in [4.78, 5) is 0. The molecule has 3 heteroatoms. The van der Waals surface area contributed by atoms with E-state index in [-0.39, 0.29) is 0 Å². The molecule has 1 aromatic heterocycles. The maximum absolute atomic E-state index is 6.24. The molecule has 0 saturated heterocycles. The third-order valence-corrected chi connectivity index (χ3v) is 4.48. The minimum Gasteiger partial charge on any atom is -0.456 e. The third kappa shape index (κ3) is 3.00. The van der Waals surface area contributed by atoms with Crippen LogP contribution in [0.1, 0.15) is 0 Å². The van der Waals surface area contributed by atoms with E-state index in [1.165, 1.54) is 0 Å². The predicted molar refractivity (Wildman–Crippen MR) is 110 cm³/mol. The summed E-state index contributed by atoms with van der Waals surface area (Å²) in [5, 5.41) is 5.45. The number of anilines is 2. The second kappa shape index (κ2) is 6.54. The van der Waals surface area contributed by atoms with Crippen LogP contribution >= 0.6 is 0 Å². The lowest BCUT2D eigenvalue weighted by atomic mass is 10.1. The van der Waals surface area contributed by atoms with Crippen LogP contribution < -0.4 is 10.1 Å². The van der Waals surface area contributed by atoms with Gasteiger partial charge in [0.15, 0.2) is 0 Å². The minimum absolute atomic E-state index is 0.766. The van der Waals surface area contributed by atoms with Crippen molar-refractivity contribution in [1.82, 2.24) is 0 Å². The Morgan fingerprint density at radius 1 is 0.630 bits per heavy atom. The summed E-state index contributed by atoms with van der Waals surface area (Å²) in [5.74, 6) is 1.56. The number of nitrogens with one attached hydrogen (secondary N) is 1. The smallest absolute Gasteiger partial charge is 0.141 e. The zero-order valence-corrected chi connectivity index (χ0v) is 14.6. The highest BCUT2D eigenvalue weighted by Gasteiger charge is 2.14. The number of furan rings is 1. The lowest BCUT2D eigenvalue weighted by molar-refractivity contribution is 0.488. The Bertz CT molecular complexity index is 1210. The molecule has 5 rings (SSSR count). The van der Waals surface area contributed by atoms with Gasteiger partial charge < -0.3 is 14.5 Å². The lowest BCUT2D eigenvalue weighted by Crippen LogP contribution is -1.92. The molecule has 0 aliphatic rings. The molecule has 0 aliphatic heterocycles. The highest BCUT2D eigenvalue weighted by atomic mass is 16.5. The maximum Gasteiger partial charge on any atom is 0.141 e. The van der Waals surface area contributed by atoms with Crippen molar-refractivity contribution < 1.29 is 9.15 Å². The molecule has 0 radical (unpaired) electrons. The van der Waals surface area contributed by atoms with Gasteiger partial charge in [-0.1, -0.05) is 54.6 Å². The molecule has 0 atom stereocenters. The second-order valence-electron chi connectivity index (χ2n) is 6.35. The van der Waals surface area contributed by atoms with Crippen molar-refractivity contribution in [3.05, 3.63) is 97.1 Å². The van der Waals surface area contributed by atoms with Crippen LogP contribution in [-0.2, 0) is 0 Å². The van der Waals surface area contributed by atoms with Crippen LogP contribution in [0.2, 0.25) is 0 Å². The third-order valence-electron chi connectivity index (χ3n) is 4.48. The van der Waals surface area contributed by atoms with Gasteiger partial charge in [0.1, 0.15) is 22.7 Å². The van der Waals surface area contributed by atoms with Gasteiger partial charge in [0.05, 0.1) is 5.39 Å². The molecule has 1 N–H and O–H groups in total. The van der Waals surface area contributed by atoms with Crippen molar-refractivity contribution in [3.63, 3.8) is 0 Å². The van der Waals surface area contributed by atoms with Crippen LogP contribution in [-0.4, -0.2) is 0 Å². The first kappa shape index (κ1) is 15.5. The highest BCUT2D eigenvalue weighted by Crippen LogP contribution is 2.40. The number of hydrogen-bond acceptors (Lipinski definition) is 3. The summed E-state index contributed by atoms with van der Waals surface area (Å²) in [6.45, 7) is 0. The molecule has 0 amide bonds. The zero-order chi connectivity index (χ0) is 18.1. The van der Waals surface area contributed by atoms with Crippen molar-refractivity contribution in [2.24, 2.45) is 0 Å². The molecule has 0 saturated carbocycles. The fourth-order valence-corrected chi connectivity index (χ4v) is 3.27. The van der Waals surface area contributed by atoms with Crippen molar-refractivity contribution >= 4 is 33.3 Å². The van der Waals surface area contributed by atoms with E-state index in [1.807, 2.05) is 91.0 Å².